The Bertz CT molecular complexity index is 1270. The van der Waals surface area contributed by atoms with Gasteiger partial charge in [0, 0.05) is 63.8 Å². The van der Waals surface area contributed by atoms with Crippen molar-refractivity contribution in [3.63, 3.8) is 0 Å². The molecule has 0 aliphatic carbocycles. The number of hydrogen-bond acceptors (Lipinski definition) is 15. The minimum Gasteiger partial charge on any atom is -0.459 e. The van der Waals surface area contributed by atoms with E-state index in [1.165, 1.54) is 14.0 Å². The number of aliphatic hydroxyl groups excluding tert-OH is 2. The fourth-order valence-corrected chi connectivity index (χ4v) is 9.09. The summed E-state index contributed by atoms with van der Waals surface area (Å²) in [6.45, 7) is 18.3. The van der Waals surface area contributed by atoms with Gasteiger partial charge < -0.3 is 62.9 Å². The van der Waals surface area contributed by atoms with Crippen LogP contribution in [-0.4, -0.2) is 151 Å². The first-order valence-corrected chi connectivity index (χ1v) is 20.7. The first-order chi connectivity index (χ1) is 26.2. The predicted molar refractivity (Wildman–Crippen MR) is 204 cm³/mol. The van der Waals surface area contributed by atoms with E-state index in [4.69, 9.17) is 42.6 Å². The molecule has 0 radical (unpaired) electrons. The van der Waals surface area contributed by atoms with Crippen LogP contribution in [0.2, 0.25) is 0 Å². The highest BCUT2D eigenvalue weighted by molar-refractivity contribution is 5.83. The SMILES string of the molecule is CC[C@H]1OC(=O)[C@H](C)[C@@H](O[C@H]2C[C@@](C)(OC)[C@@H](O)[C@H](C)O2)[C@H](C)[C@@H](O[C@H]2C[C@@H](N(C)CCC3OC(C)O3)C[C@@H](C)O2)[C@H](OC)C[C@@H](C)C(=O)[C@H](C)[C@@H](O)[C@]1(C)O. The molecule has 4 aliphatic rings. The highest BCUT2D eigenvalue weighted by Gasteiger charge is 2.51. The molecule has 4 heterocycles. The van der Waals surface area contributed by atoms with Gasteiger partial charge >= 0.3 is 5.97 Å². The van der Waals surface area contributed by atoms with E-state index in [-0.39, 0.29) is 49.8 Å². The standard InChI is InChI=1S/C41H73NO14/c1-14-30-41(10,47)37(44)23(4)34(43)21(2)17-29(48-12)36(55-32-19-28(18-22(3)50-32)42(11)16-15-31-52-27(8)53-31)24(5)35(25(6)39(46)54-30)56-33-20-40(9,49-13)38(45)26(7)51-33/h21-33,35-38,44-45,47H,14-20H2,1-13H3/t21-,22-,23+,24+,25-,26+,27?,28+,29-,30-,31?,32+,33+,35+,36-,37-,38+,40-,41-/m1/s1. The molecular formula is C41H73NO14. The Morgan fingerprint density at radius 1 is 0.839 bits per heavy atom. The van der Waals surface area contributed by atoms with Crippen molar-refractivity contribution >= 4 is 11.8 Å². The van der Waals surface area contributed by atoms with Gasteiger partial charge in [-0.25, -0.2) is 0 Å². The summed E-state index contributed by atoms with van der Waals surface area (Å²) in [7, 11) is 5.15. The zero-order chi connectivity index (χ0) is 41.9. The number of hydrogen-bond donors (Lipinski definition) is 3. The van der Waals surface area contributed by atoms with Crippen molar-refractivity contribution in [1.82, 2.24) is 4.90 Å². The second-order valence-electron chi connectivity index (χ2n) is 17.4. The van der Waals surface area contributed by atoms with Gasteiger partial charge in [-0.15, -0.1) is 0 Å². The van der Waals surface area contributed by atoms with E-state index in [0.717, 1.165) is 19.4 Å². The van der Waals surface area contributed by atoms with Crippen molar-refractivity contribution in [3.05, 3.63) is 0 Å². The van der Waals surface area contributed by atoms with Crippen LogP contribution >= 0.6 is 0 Å². The van der Waals surface area contributed by atoms with E-state index >= 15 is 0 Å². The first kappa shape index (κ1) is 47.3. The molecule has 0 saturated carbocycles. The summed E-state index contributed by atoms with van der Waals surface area (Å²) in [6.07, 6.45) is -6.13. The van der Waals surface area contributed by atoms with Crippen LogP contribution in [0.4, 0.5) is 0 Å². The van der Waals surface area contributed by atoms with Gasteiger partial charge in [0.1, 0.15) is 23.6 Å². The van der Waals surface area contributed by atoms with E-state index in [9.17, 15) is 24.9 Å². The first-order valence-electron chi connectivity index (χ1n) is 20.7. The number of carbonyl (C=O) groups is 2. The molecule has 0 bridgehead atoms. The normalized spacial score (nSPS) is 47.6. The number of methoxy groups -OCH3 is 2. The van der Waals surface area contributed by atoms with Crippen LogP contribution in [0, 0.1) is 23.7 Å². The second kappa shape index (κ2) is 19.8. The number of Topliss-reactive ketones (excluding diaryl/α,β-unsaturated/α-hetero) is 1. The van der Waals surface area contributed by atoms with Gasteiger partial charge in [-0.3, -0.25) is 9.59 Å². The second-order valence-corrected chi connectivity index (χ2v) is 17.4. The molecule has 3 N–H and O–H groups in total. The number of nitrogens with zero attached hydrogens (tertiary/aromatic N) is 1. The van der Waals surface area contributed by atoms with Crippen LogP contribution < -0.4 is 0 Å². The number of aliphatic hydroxyl groups is 3. The van der Waals surface area contributed by atoms with Gasteiger partial charge in [-0.1, -0.05) is 27.7 Å². The van der Waals surface area contributed by atoms with Crippen LogP contribution in [0.1, 0.15) is 108 Å². The molecule has 0 aromatic carbocycles. The lowest BCUT2D eigenvalue weighted by Crippen LogP contribution is -2.59. The highest BCUT2D eigenvalue weighted by atomic mass is 16.9. The van der Waals surface area contributed by atoms with Gasteiger partial charge in [0.25, 0.3) is 0 Å². The summed E-state index contributed by atoms with van der Waals surface area (Å²) >= 11 is 0. The average Bonchev–Trinajstić information content (AvgIpc) is 3.14. The van der Waals surface area contributed by atoms with Crippen LogP contribution in [0.15, 0.2) is 0 Å². The predicted octanol–water partition coefficient (Wildman–Crippen LogP) is 3.56. The number of carbonyl (C=O) groups excluding carboxylic acids is 2. The van der Waals surface area contributed by atoms with Crippen molar-refractivity contribution in [2.75, 3.05) is 27.8 Å². The van der Waals surface area contributed by atoms with E-state index in [2.05, 4.69) is 11.9 Å². The van der Waals surface area contributed by atoms with Crippen molar-refractivity contribution in [2.24, 2.45) is 23.7 Å². The Kier molecular flexibility index (Phi) is 16.7. The van der Waals surface area contributed by atoms with E-state index in [1.807, 2.05) is 20.8 Å². The zero-order valence-corrected chi connectivity index (χ0v) is 36.0. The minimum atomic E-state index is -1.94. The molecule has 4 aliphatic heterocycles. The summed E-state index contributed by atoms with van der Waals surface area (Å²) in [5, 5.41) is 34.1. The average molecular weight is 804 g/mol. The molecule has 56 heavy (non-hydrogen) atoms. The highest BCUT2D eigenvalue weighted by Crippen LogP contribution is 2.39. The maximum Gasteiger partial charge on any atom is 0.311 e. The van der Waals surface area contributed by atoms with Crippen LogP contribution in [0.5, 0.6) is 0 Å². The largest absolute Gasteiger partial charge is 0.459 e. The number of esters is 1. The summed E-state index contributed by atoms with van der Waals surface area (Å²) in [5.74, 6) is -4.08. The molecule has 0 aromatic rings. The Morgan fingerprint density at radius 3 is 2.07 bits per heavy atom. The van der Waals surface area contributed by atoms with E-state index in [0.29, 0.717) is 6.42 Å². The minimum absolute atomic E-state index is 0.119. The molecule has 15 heteroatoms. The molecule has 0 amide bonds. The quantitative estimate of drug-likeness (QED) is 0.258. The molecule has 4 saturated heterocycles. The molecule has 4 fully saturated rings. The van der Waals surface area contributed by atoms with Crippen molar-refractivity contribution < 1.29 is 67.5 Å². The van der Waals surface area contributed by atoms with Gasteiger partial charge in [-0.2, -0.15) is 0 Å². The summed E-state index contributed by atoms with van der Waals surface area (Å²) in [6, 6.07) is 0.119. The third-order valence-electron chi connectivity index (χ3n) is 13.0. The lowest BCUT2D eigenvalue weighted by molar-refractivity contribution is -0.377. The van der Waals surface area contributed by atoms with Gasteiger partial charge in [0.05, 0.1) is 48.1 Å². The van der Waals surface area contributed by atoms with Gasteiger partial charge in [0.2, 0.25) is 0 Å². The summed E-state index contributed by atoms with van der Waals surface area (Å²) in [4.78, 5) is 30.4. The zero-order valence-electron chi connectivity index (χ0n) is 36.0. The van der Waals surface area contributed by atoms with Crippen molar-refractivity contribution in [3.8, 4) is 0 Å². The van der Waals surface area contributed by atoms with Crippen LogP contribution in [0.3, 0.4) is 0 Å². The van der Waals surface area contributed by atoms with Crippen molar-refractivity contribution in [2.45, 2.75) is 199 Å². The molecule has 17 atom stereocenters. The molecule has 4 rings (SSSR count). The Morgan fingerprint density at radius 2 is 1.48 bits per heavy atom. The number of ether oxygens (including phenoxy) is 9. The monoisotopic (exact) mass is 804 g/mol. The lowest BCUT2D eigenvalue weighted by atomic mass is 9.77. The Balaban J connectivity index is 1.72. The topological polar surface area (TPSA) is 181 Å². The fraction of sp³-hybridized carbons (Fsp3) is 0.951. The van der Waals surface area contributed by atoms with Crippen molar-refractivity contribution in [1.29, 1.82) is 0 Å². The molecule has 0 aromatic heterocycles. The number of ketones is 1. The molecular weight excluding hydrogens is 730 g/mol. The maximum atomic E-state index is 14.2. The number of cyclic esters (lactones) is 1. The molecule has 15 nitrogen and oxygen atoms in total. The van der Waals surface area contributed by atoms with Crippen LogP contribution in [-0.2, 0) is 52.2 Å². The third kappa shape index (κ3) is 10.9. The summed E-state index contributed by atoms with van der Waals surface area (Å²) < 4.78 is 55.6. The molecule has 0 spiro atoms. The maximum absolute atomic E-state index is 14.2. The molecule has 0 unspecified atom stereocenters. The van der Waals surface area contributed by atoms with Gasteiger partial charge in [0.15, 0.2) is 25.2 Å². The smallest absolute Gasteiger partial charge is 0.311 e. The van der Waals surface area contributed by atoms with E-state index < -0.39 is 96.2 Å². The Labute approximate surface area is 334 Å². The van der Waals surface area contributed by atoms with Crippen LogP contribution in [0.25, 0.3) is 0 Å². The lowest BCUT2D eigenvalue weighted by Gasteiger charge is -2.47. The van der Waals surface area contributed by atoms with E-state index in [1.54, 1.807) is 48.7 Å². The fourth-order valence-electron chi connectivity index (χ4n) is 9.09. The Hall–Kier alpha value is -1.34. The third-order valence-corrected chi connectivity index (χ3v) is 13.0. The molecule has 326 valence electrons. The number of rotatable bonds is 11. The van der Waals surface area contributed by atoms with Gasteiger partial charge in [-0.05, 0) is 67.9 Å². The summed E-state index contributed by atoms with van der Waals surface area (Å²) in [5.41, 5.74) is -2.94.